The Labute approximate surface area is 129 Å². The second kappa shape index (κ2) is 6.83. The summed E-state index contributed by atoms with van der Waals surface area (Å²) in [5.74, 6) is 2.18. The molecule has 1 N–H and O–H groups in total. The number of ether oxygens (including phenoxy) is 2. The van der Waals surface area contributed by atoms with Crippen molar-refractivity contribution in [1.29, 1.82) is 0 Å². The predicted octanol–water partition coefficient (Wildman–Crippen LogP) is 2.59. The third kappa shape index (κ3) is 3.31. The Morgan fingerprint density at radius 1 is 1.33 bits per heavy atom. The summed E-state index contributed by atoms with van der Waals surface area (Å²) in [5.41, 5.74) is 1.03. The van der Waals surface area contributed by atoms with Gasteiger partial charge in [-0.3, -0.25) is 0 Å². The van der Waals surface area contributed by atoms with Gasteiger partial charge in [-0.2, -0.15) is 0 Å². The molecule has 114 valence electrons. The molecule has 1 unspecified atom stereocenters. The number of halogens is 1. The smallest absolute Gasteiger partial charge is 0.179 e. The molecule has 1 aromatic heterocycles. The molecule has 0 saturated carbocycles. The minimum absolute atomic E-state index is 0.0865. The van der Waals surface area contributed by atoms with Gasteiger partial charge in [0, 0.05) is 31.9 Å². The fraction of sp³-hybridized carbons (Fsp3) is 0.400. The lowest BCUT2D eigenvalue weighted by Crippen LogP contribution is -2.20. The number of nitrogens with zero attached hydrogens (tertiary/aromatic N) is 2. The maximum absolute atomic E-state index is 6.27. The summed E-state index contributed by atoms with van der Waals surface area (Å²) in [6, 6.07) is 3.92. The van der Waals surface area contributed by atoms with Crippen molar-refractivity contribution >= 4 is 11.6 Å². The molecule has 1 heterocycles. The van der Waals surface area contributed by atoms with Crippen LogP contribution in [0.15, 0.2) is 24.5 Å². The Balaban J connectivity index is 2.34. The second-order valence-corrected chi connectivity index (χ2v) is 5.15. The zero-order valence-electron chi connectivity index (χ0n) is 12.7. The molecule has 0 aliphatic carbocycles. The number of aromatic nitrogens is 2. The number of aryl methyl sites for hydroxylation is 1. The molecule has 0 aliphatic rings. The molecule has 0 fully saturated rings. The third-order valence-electron chi connectivity index (χ3n) is 3.51. The van der Waals surface area contributed by atoms with Gasteiger partial charge in [-0.1, -0.05) is 11.6 Å². The molecule has 0 aliphatic heterocycles. The summed E-state index contributed by atoms with van der Waals surface area (Å²) < 4.78 is 12.6. The van der Waals surface area contributed by atoms with Crippen LogP contribution in [0.5, 0.6) is 11.5 Å². The van der Waals surface area contributed by atoms with Crippen LogP contribution in [0, 0.1) is 0 Å². The molecule has 0 spiro atoms. The van der Waals surface area contributed by atoms with Gasteiger partial charge in [-0.25, -0.2) is 4.98 Å². The monoisotopic (exact) mass is 309 g/mol. The van der Waals surface area contributed by atoms with Crippen LogP contribution < -0.4 is 14.8 Å². The number of likely N-dealkylation sites (N-methyl/N-ethyl adjacent to an activating group) is 1. The van der Waals surface area contributed by atoms with Crippen LogP contribution in [0.3, 0.4) is 0 Å². The van der Waals surface area contributed by atoms with E-state index < -0.39 is 0 Å². The van der Waals surface area contributed by atoms with Crippen LogP contribution in [-0.2, 0) is 13.5 Å². The molecule has 1 atom stereocenters. The van der Waals surface area contributed by atoms with Gasteiger partial charge in [0.05, 0.1) is 19.2 Å². The molecular formula is C15H20ClN3O2. The highest BCUT2D eigenvalue weighted by atomic mass is 35.5. The molecule has 0 bridgehead atoms. The average Bonchev–Trinajstić information content (AvgIpc) is 2.88. The third-order valence-corrected chi connectivity index (χ3v) is 3.80. The summed E-state index contributed by atoms with van der Waals surface area (Å²) in [6.45, 7) is 0. The lowest BCUT2D eigenvalue weighted by molar-refractivity contribution is 0.354. The van der Waals surface area contributed by atoms with Crippen molar-refractivity contribution in [2.24, 2.45) is 7.05 Å². The molecule has 5 nitrogen and oxygen atoms in total. The lowest BCUT2D eigenvalue weighted by atomic mass is 10.0. The van der Waals surface area contributed by atoms with Crippen LogP contribution in [0.1, 0.15) is 17.4 Å². The van der Waals surface area contributed by atoms with Gasteiger partial charge in [0.15, 0.2) is 11.5 Å². The van der Waals surface area contributed by atoms with Gasteiger partial charge in [0.25, 0.3) is 0 Å². The van der Waals surface area contributed by atoms with E-state index in [9.17, 15) is 0 Å². The second-order valence-electron chi connectivity index (χ2n) is 4.74. The maximum Gasteiger partial charge on any atom is 0.179 e. The summed E-state index contributed by atoms with van der Waals surface area (Å²) >= 11 is 6.27. The summed E-state index contributed by atoms with van der Waals surface area (Å²) in [6.07, 6.45) is 4.49. The first-order valence-corrected chi connectivity index (χ1v) is 7.03. The van der Waals surface area contributed by atoms with Crippen molar-refractivity contribution < 1.29 is 9.47 Å². The van der Waals surface area contributed by atoms with Crippen LogP contribution in [0.2, 0.25) is 5.02 Å². The number of rotatable bonds is 6. The fourth-order valence-electron chi connectivity index (χ4n) is 2.30. The van der Waals surface area contributed by atoms with Crippen LogP contribution >= 0.6 is 11.6 Å². The van der Waals surface area contributed by atoms with E-state index in [1.807, 2.05) is 37.0 Å². The first-order chi connectivity index (χ1) is 10.1. The SMILES string of the molecule is CNC(Cc1nccn1C)c1cc(Cl)c(OC)c(OC)c1. The molecule has 0 saturated heterocycles. The highest BCUT2D eigenvalue weighted by Gasteiger charge is 2.18. The Morgan fingerprint density at radius 3 is 2.62 bits per heavy atom. The van der Waals surface area contributed by atoms with Crippen LogP contribution in [0.25, 0.3) is 0 Å². The van der Waals surface area contributed by atoms with Crippen molar-refractivity contribution in [3.05, 3.63) is 40.9 Å². The number of methoxy groups -OCH3 is 2. The van der Waals surface area contributed by atoms with Crippen molar-refractivity contribution in [2.75, 3.05) is 21.3 Å². The zero-order chi connectivity index (χ0) is 15.4. The number of imidazole rings is 1. The van der Waals surface area contributed by atoms with Crippen LogP contribution in [-0.4, -0.2) is 30.8 Å². The minimum Gasteiger partial charge on any atom is -0.493 e. The Bertz CT molecular complexity index is 613. The summed E-state index contributed by atoms with van der Waals surface area (Å²) in [4.78, 5) is 4.36. The topological polar surface area (TPSA) is 48.3 Å². The average molecular weight is 310 g/mol. The molecule has 1 aromatic carbocycles. The van der Waals surface area contributed by atoms with E-state index in [2.05, 4.69) is 10.3 Å². The predicted molar refractivity (Wildman–Crippen MR) is 83.3 cm³/mol. The normalized spacial score (nSPS) is 12.2. The maximum atomic E-state index is 6.27. The van der Waals surface area contributed by atoms with Crippen LogP contribution in [0.4, 0.5) is 0 Å². The Hall–Kier alpha value is -1.72. The van der Waals surface area contributed by atoms with Gasteiger partial charge >= 0.3 is 0 Å². The number of hydrogen-bond donors (Lipinski definition) is 1. The molecule has 21 heavy (non-hydrogen) atoms. The van der Waals surface area contributed by atoms with E-state index in [1.165, 1.54) is 0 Å². The fourth-order valence-corrected chi connectivity index (χ4v) is 2.60. The molecule has 2 rings (SSSR count). The first kappa shape index (κ1) is 15.7. The quantitative estimate of drug-likeness (QED) is 0.891. The Morgan fingerprint density at radius 2 is 2.10 bits per heavy atom. The highest BCUT2D eigenvalue weighted by Crippen LogP contribution is 2.38. The van der Waals surface area contributed by atoms with Gasteiger partial charge in [-0.15, -0.1) is 0 Å². The number of nitrogens with one attached hydrogen (secondary N) is 1. The molecule has 2 aromatic rings. The molecular weight excluding hydrogens is 290 g/mol. The van der Waals surface area contributed by atoms with Gasteiger partial charge in [-0.05, 0) is 24.7 Å². The highest BCUT2D eigenvalue weighted by molar-refractivity contribution is 6.32. The van der Waals surface area contributed by atoms with E-state index in [0.717, 1.165) is 17.8 Å². The van der Waals surface area contributed by atoms with Crippen molar-refractivity contribution in [3.63, 3.8) is 0 Å². The first-order valence-electron chi connectivity index (χ1n) is 6.65. The molecule has 0 amide bonds. The van der Waals surface area contributed by atoms with E-state index in [1.54, 1.807) is 20.4 Å². The van der Waals surface area contributed by atoms with Crippen molar-refractivity contribution in [2.45, 2.75) is 12.5 Å². The van der Waals surface area contributed by atoms with Crippen molar-refractivity contribution in [1.82, 2.24) is 14.9 Å². The van der Waals surface area contributed by atoms with E-state index in [4.69, 9.17) is 21.1 Å². The lowest BCUT2D eigenvalue weighted by Gasteiger charge is -2.19. The number of benzene rings is 1. The summed E-state index contributed by atoms with van der Waals surface area (Å²) in [5, 5.41) is 3.83. The minimum atomic E-state index is 0.0865. The van der Waals surface area contributed by atoms with Crippen molar-refractivity contribution in [3.8, 4) is 11.5 Å². The largest absolute Gasteiger partial charge is 0.493 e. The van der Waals surface area contributed by atoms with Gasteiger partial charge < -0.3 is 19.4 Å². The Kier molecular flexibility index (Phi) is 5.09. The van der Waals surface area contributed by atoms with E-state index in [-0.39, 0.29) is 6.04 Å². The molecule has 0 radical (unpaired) electrons. The summed E-state index contributed by atoms with van der Waals surface area (Å²) in [7, 11) is 7.08. The van der Waals surface area contributed by atoms with Gasteiger partial charge in [0.2, 0.25) is 0 Å². The zero-order valence-corrected chi connectivity index (χ0v) is 13.4. The standard InChI is InChI=1S/C15H20ClN3O2/c1-17-12(9-14-18-5-6-19(14)2)10-7-11(16)15(21-4)13(8-10)20-3/h5-8,12,17H,9H2,1-4H3. The van der Waals surface area contributed by atoms with E-state index >= 15 is 0 Å². The van der Waals surface area contributed by atoms with E-state index in [0.29, 0.717) is 16.5 Å². The molecule has 6 heteroatoms. The van der Waals surface area contributed by atoms with Gasteiger partial charge in [0.1, 0.15) is 5.82 Å². The number of hydrogen-bond acceptors (Lipinski definition) is 4.